The van der Waals surface area contributed by atoms with Crippen LogP contribution >= 0.6 is 0 Å². The first-order chi connectivity index (χ1) is 8.06. The zero-order valence-electron chi connectivity index (χ0n) is 9.50. The van der Waals surface area contributed by atoms with E-state index in [2.05, 4.69) is 9.89 Å². The van der Waals surface area contributed by atoms with Crippen molar-refractivity contribution < 1.29 is 28.7 Å². The van der Waals surface area contributed by atoms with E-state index in [1.807, 2.05) is 0 Å². The van der Waals surface area contributed by atoms with Crippen molar-refractivity contribution >= 4 is 11.9 Å². The van der Waals surface area contributed by atoms with Gasteiger partial charge in [0.15, 0.2) is 0 Å². The second kappa shape index (κ2) is 5.88. The number of carboxylic acid groups (broad SMARTS) is 1. The van der Waals surface area contributed by atoms with E-state index in [1.54, 1.807) is 0 Å². The Hall–Kier alpha value is -2.05. The lowest BCUT2D eigenvalue weighted by atomic mass is 9.98. The molecule has 0 aliphatic heterocycles. The van der Waals surface area contributed by atoms with E-state index in [4.69, 9.17) is 14.4 Å². The maximum Gasteiger partial charge on any atom is 0.306 e. The van der Waals surface area contributed by atoms with Gasteiger partial charge in [-0.15, -0.1) is 0 Å². The zero-order chi connectivity index (χ0) is 12.8. The van der Waals surface area contributed by atoms with Gasteiger partial charge in [-0.2, -0.15) is 0 Å². The molecule has 1 aromatic rings. The maximum absolute atomic E-state index is 11.1. The Labute approximate surface area is 97.3 Å². The minimum Gasteiger partial charge on any atom is -0.481 e. The minimum absolute atomic E-state index is 0.0822. The number of methoxy groups -OCH3 is 2. The zero-order valence-corrected chi connectivity index (χ0v) is 9.50. The standard InChI is InChI=1S/C10H13NO6/c1-15-8-5-7(17-11-8)6(3-9(12)13)4-10(14)16-2/h5-6H,3-4H2,1-2H3,(H,12,13). The van der Waals surface area contributed by atoms with Gasteiger partial charge in [-0.1, -0.05) is 0 Å². The summed E-state index contributed by atoms with van der Waals surface area (Å²) in [5.74, 6) is -1.63. The summed E-state index contributed by atoms with van der Waals surface area (Å²) in [6.45, 7) is 0. The third-order valence-electron chi connectivity index (χ3n) is 2.18. The number of carbonyl (C=O) groups excluding carboxylic acids is 1. The highest BCUT2D eigenvalue weighted by Gasteiger charge is 2.24. The van der Waals surface area contributed by atoms with Crippen LogP contribution in [0.25, 0.3) is 0 Å². The predicted molar refractivity (Wildman–Crippen MR) is 54.7 cm³/mol. The van der Waals surface area contributed by atoms with Crippen molar-refractivity contribution in [1.82, 2.24) is 5.16 Å². The Kier molecular flexibility index (Phi) is 4.50. The molecule has 0 radical (unpaired) electrons. The van der Waals surface area contributed by atoms with Crippen LogP contribution in [0.4, 0.5) is 0 Å². The smallest absolute Gasteiger partial charge is 0.306 e. The van der Waals surface area contributed by atoms with E-state index in [0.29, 0.717) is 0 Å². The van der Waals surface area contributed by atoms with Gasteiger partial charge in [0.05, 0.1) is 27.1 Å². The summed E-state index contributed by atoms with van der Waals surface area (Å²) < 4.78 is 14.2. The average Bonchev–Trinajstić information content (AvgIpc) is 2.75. The lowest BCUT2D eigenvalue weighted by Crippen LogP contribution is -2.12. The molecule has 0 aromatic carbocycles. The van der Waals surface area contributed by atoms with Gasteiger partial charge in [-0.25, -0.2) is 0 Å². The van der Waals surface area contributed by atoms with Crippen LogP contribution in [-0.4, -0.2) is 36.4 Å². The molecule has 0 spiro atoms. The number of aliphatic carboxylic acids is 1. The molecule has 0 saturated heterocycles. The summed E-state index contributed by atoms with van der Waals surface area (Å²) in [4.78, 5) is 21.8. The SMILES string of the molecule is COC(=O)CC(CC(=O)O)c1cc(OC)no1. The van der Waals surface area contributed by atoms with Crippen molar-refractivity contribution in [3.8, 4) is 5.88 Å². The summed E-state index contributed by atoms with van der Waals surface area (Å²) in [7, 11) is 2.65. The van der Waals surface area contributed by atoms with Gasteiger partial charge >= 0.3 is 11.9 Å². The molecule has 1 N–H and O–H groups in total. The highest BCUT2D eigenvalue weighted by Crippen LogP contribution is 2.26. The van der Waals surface area contributed by atoms with Gasteiger partial charge in [-0.3, -0.25) is 9.59 Å². The molecule has 7 nitrogen and oxygen atoms in total. The minimum atomic E-state index is -1.03. The van der Waals surface area contributed by atoms with Crippen LogP contribution in [0.2, 0.25) is 0 Å². The first-order valence-electron chi connectivity index (χ1n) is 4.86. The Morgan fingerprint density at radius 3 is 2.65 bits per heavy atom. The number of hydrogen-bond acceptors (Lipinski definition) is 6. The predicted octanol–water partition coefficient (Wildman–Crippen LogP) is 0.805. The summed E-state index contributed by atoms with van der Waals surface area (Å²) in [6.07, 6.45) is -0.325. The molecule has 1 heterocycles. The first kappa shape index (κ1) is 13.0. The first-order valence-corrected chi connectivity index (χ1v) is 4.86. The van der Waals surface area contributed by atoms with Gasteiger partial charge in [0.2, 0.25) is 0 Å². The fraction of sp³-hybridized carbons (Fsp3) is 0.500. The fourth-order valence-electron chi connectivity index (χ4n) is 1.33. The number of aromatic nitrogens is 1. The van der Waals surface area contributed by atoms with Gasteiger partial charge in [0, 0.05) is 12.0 Å². The second-order valence-corrected chi connectivity index (χ2v) is 3.35. The monoisotopic (exact) mass is 243 g/mol. The van der Waals surface area contributed by atoms with E-state index in [0.717, 1.165) is 0 Å². The molecule has 0 aliphatic carbocycles. The third-order valence-corrected chi connectivity index (χ3v) is 2.18. The largest absolute Gasteiger partial charge is 0.481 e. The van der Waals surface area contributed by atoms with E-state index in [-0.39, 0.29) is 24.5 Å². The summed E-state index contributed by atoms with van der Waals surface area (Å²) in [5, 5.41) is 12.3. The van der Waals surface area contributed by atoms with Crippen molar-refractivity contribution in [1.29, 1.82) is 0 Å². The average molecular weight is 243 g/mol. The van der Waals surface area contributed by atoms with Crippen molar-refractivity contribution in [2.45, 2.75) is 18.8 Å². The normalized spacial score (nSPS) is 11.9. The molecule has 0 bridgehead atoms. The number of hydrogen-bond donors (Lipinski definition) is 1. The maximum atomic E-state index is 11.1. The van der Waals surface area contributed by atoms with E-state index < -0.39 is 17.9 Å². The van der Waals surface area contributed by atoms with Crippen LogP contribution < -0.4 is 4.74 Å². The molecule has 1 aromatic heterocycles. The van der Waals surface area contributed by atoms with Crippen molar-refractivity contribution in [2.75, 3.05) is 14.2 Å². The highest BCUT2D eigenvalue weighted by molar-refractivity contribution is 5.73. The molecule has 0 amide bonds. The van der Waals surface area contributed by atoms with Gasteiger partial charge in [0.1, 0.15) is 5.76 Å². The third kappa shape index (κ3) is 3.78. The number of carboxylic acids is 1. The number of rotatable bonds is 6. The van der Waals surface area contributed by atoms with Crippen molar-refractivity contribution in [3.63, 3.8) is 0 Å². The Morgan fingerprint density at radius 1 is 1.47 bits per heavy atom. The number of ether oxygens (including phenoxy) is 2. The molecule has 7 heteroatoms. The Balaban J connectivity index is 2.81. The van der Waals surface area contributed by atoms with Gasteiger partial charge in [-0.05, 0) is 5.16 Å². The summed E-state index contributed by atoms with van der Waals surface area (Å²) >= 11 is 0. The number of esters is 1. The van der Waals surface area contributed by atoms with Gasteiger partial charge < -0.3 is 19.1 Å². The topological polar surface area (TPSA) is 98.9 Å². The van der Waals surface area contributed by atoms with E-state index in [9.17, 15) is 9.59 Å². The van der Waals surface area contributed by atoms with Crippen LogP contribution in [0, 0.1) is 0 Å². The quantitative estimate of drug-likeness (QED) is 0.738. The molecule has 17 heavy (non-hydrogen) atoms. The molecular formula is C10H13NO6. The Morgan fingerprint density at radius 2 is 2.18 bits per heavy atom. The van der Waals surface area contributed by atoms with Crippen LogP contribution in [0.5, 0.6) is 5.88 Å². The van der Waals surface area contributed by atoms with Crippen molar-refractivity contribution in [2.24, 2.45) is 0 Å². The summed E-state index contributed by atoms with van der Waals surface area (Å²) in [6, 6.07) is 1.45. The van der Waals surface area contributed by atoms with E-state index >= 15 is 0 Å². The van der Waals surface area contributed by atoms with Crippen molar-refractivity contribution in [3.05, 3.63) is 11.8 Å². The molecule has 0 aliphatic rings. The van der Waals surface area contributed by atoms with Crippen LogP contribution in [0.1, 0.15) is 24.5 Å². The molecule has 1 atom stereocenters. The number of nitrogens with zero attached hydrogens (tertiary/aromatic N) is 1. The molecule has 1 unspecified atom stereocenters. The second-order valence-electron chi connectivity index (χ2n) is 3.35. The highest BCUT2D eigenvalue weighted by atomic mass is 16.5. The molecule has 94 valence electrons. The van der Waals surface area contributed by atoms with Crippen LogP contribution in [0.15, 0.2) is 10.6 Å². The Bertz CT molecular complexity index is 399. The lowest BCUT2D eigenvalue weighted by Gasteiger charge is -2.08. The number of carbonyl (C=O) groups is 2. The molecule has 0 fully saturated rings. The molecule has 0 saturated carbocycles. The summed E-state index contributed by atoms with van der Waals surface area (Å²) in [5.41, 5.74) is 0. The van der Waals surface area contributed by atoms with E-state index in [1.165, 1.54) is 20.3 Å². The fourth-order valence-corrected chi connectivity index (χ4v) is 1.33. The van der Waals surface area contributed by atoms with Crippen LogP contribution in [-0.2, 0) is 14.3 Å². The van der Waals surface area contributed by atoms with Gasteiger partial charge in [0.25, 0.3) is 5.88 Å². The molecular weight excluding hydrogens is 230 g/mol. The lowest BCUT2D eigenvalue weighted by molar-refractivity contribution is -0.142. The van der Waals surface area contributed by atoms with Crippen LogP contribution in [0.3, 0.4) is 0 Å². The molecule has 1 rings (SSSR count).